The zero-order valence-corrected chi connectivity index (χ0v) is 6.92. The van der Waals surface area contributed by atoms with Gasteiger partial charge in [0.15, 0.2) is 0 Å². The minimum absolute atomic E-state index is 0.340. The van der Waals surface area contributed by atoms with E-state index in [4.69, 9.17) is 0 Å². The van der Waals surface area contributed by atoms with Gasteiger partial charge in [0.2, 0.25) is 0 Å². The Morgan fingerprint density at radius 2 is 2.17 bits per heavy atom. The number of hydrogen-bond acceptors (Lipinski definition) is 2. The third-order valence-corrected chi connectivity index (χ3v) is 1.66. The number of aliphatic hydroxyl groups excluding tert-OH is 1. The molecule has 0 aromatic heterocycles. The van der Waals surface area contributed by atoms with Crippen LogP contribution in [0.15, 0.2) is 24.3 Å². The Hall–Kier alpha value is -0.930. The first-order chi connectivity index (χ1) is 5.75. The molecule has 0 aliphatic carbocycles. The molecule has 0 aliphatic rings. The predicted molar refractivity (Wildman–Crippen MR) is 45.3 cm³/mol. The van der Waals surface area contributed by atoms with E-state index >= 15 is 0 Å². The average molecular weight is 169 g/mol. The molecule has 2 N–H and O–H groups in total. The SMILES string of the molecule is CNC[C@H](O)c1ccccc1F. The Morgan fingerprint density at radius 1 is 1.50 bits per heavy atom. The second-order valence-electron chi connectivity index (χ2n) is 2.59. The van der Waals surface area contributed by atoms with Crippen molar-refractivity contribution in [3.05, 3.63) is 35.6 Å². The predicted octanol–water partition coefficient (Wildman–Crippen LogP) is 1.08. The van der Waals surface area contributed by atoms with E-state index in [1.54, 1.807) is 25.2 Å². The number of halogens is 1. The third-order valence-electron chi connectivity index (χ3n) is 1.66. The molecule has 0 heterocycles. The Morgan fingerprint density at radius 3 is 2.75 bits per heavy atom. The minimum atomic E-state index is -0.767. The van der Waals surface area contributed by atoms with Crippen molar-refractivity contribution in [1.82, 2.24) is 5.32 Å². The Balaban J connectivity index is 2.79. The second kappa shape index (κ2) is 4.18. The van der Waals surface area contributed by atoms with Gasteiger partial charge in [-0.15, -0.1) is 0 Å². The molecule has 0 bridgehead atoms. The lowest BCUT2D eigenvalue weighted by Crippen LogP contribution is -2.17. The van der Waals surface area contributed by atoms with E-state index in [2.05, 4.69) is 5.32 Å². The third kappa shape index (κ3) is 2.03. The van der Waals surface area contributed by atoms with E-state index in [1.807, 2.05) is 0 Å². The molecule has 1 rings (SSSR count). The molecule has 1 aromatic carbocycles. The van der Waals surface area contributed by atoms with Crippen molar-refractivity contribution in [3.63, 3.8) is 0 Å². The van der Waals surface area contributed by atoms with Crippen LogP contribution in [-0.2, 0) is 0 Å². The molecule has 2 nitrogen and oxygen atoms in total. The lowest BCUT2D eigenvalue weighted by atomic mass is 10.1. The lowest BCUT2D eigenvalue weighted by molar-refractivity contribution is 0.173. The van der Waals surface area contributed by atoms with Crippen molar-refractivity contribution in [2.45, 2.75) is 6.10 Å². The summed E-state index contributed by atoms with van der Waals surface area (Å²) in [7, 11) is 1.71. The molecule has 0 amide bonds. The first-order valence-corrected chi connectivity index (χ1v) is 3.83. The maximum atomic E-state index is 13.0. The summed E-state index contributed by atoms with van der Waals surface area (Å²) >= 11 is 0. The topological polar surface area (TPSA) is 32.3 Å². The number of nitrogens with one attached hydrogen (secondary N) is 1. The minimum Gasteiger partial charge on any atom is -0.387 e. The highest BCUT2D eigenvalue weighted by Gasteiger charge is 2.09. The Labute approximate surface area is 71.0 Å². The van der Waals surface area contributed by atoms with Gasteiger partial charge in [-0.2, -0.15) is 0 Å². The monoisotopic (exact) mass is 169 g/mol. The molecule has 0 spiro atoms. The number of likely N-dealkylation sites (N-methyl/N-ethyl adjacent to an activating group) is 1. The molecule has 1 aromatic rings. The van der Waals surface area contributed by atoms with Crippen LogP contribution in [0.2, 0.25) is 0 Å². The van der Waals surface area contributed by atoms with E-state index in [1.165, 1.54) is 6.07 Å². The summed E-state index contributed by atoms with van der Waals surface area (Å²) in [5, 5.41) is 12.2. The molecule has 0 saturated heterocycles. The van der Waals surface area contributed by atoms with Crippen LogP contribution >= 0.6 is 0 Å². The molecule has 0 saturated carbocycles. The first kappa shape index (κ1) is 9.16. The van der Waals surface area contributed by atoms with Gasteiger partial charge in [-0.1, -0.05) is 18.2 Å². The summed E-state index contributed by atoms with van der Waals surface area (Å²) < 4.78 is 13.0. The second-order valence-corrected chi connectivity index (χ2v) is 2.59. The van der Waals surface area contributed by atoms with E-state index in [0.29, 0.717) is 12.1 Å². The molecular formula is C9H12FNO. The Bertz CT molecular complexity index is 252. The molecule has 3 heteroatoms. The van der Waals surface area contributed by atoms with Gasteiger partial charge in [0.1, 0.15) is 5.82 Å². The lowest BCUT2D eigenvalue weighted by Gasteiger charge is -2.10. The van der Waals surface area contributed by atoms with Crippen LogP contribution in [-0.4, -0.2) is 18.7 Å². The zero-order chi connectivity index (χ0) is 8.97. The van der Waals surface area contributed by atoms with Gasteiger partial charge >= 0.3 is 0 Å². The van der Waals surface area contributed by atoms with Gasteiger partial charge in [-0.3, -0.25) is 0 Å². The van der Waals surface area contributed by atoms with Crippen molar-refractivity contribution in [1.29, 1.82) is 0 Å². The largest absolute Gasteiger partial charge is 0.387 e. The van der Waals surface area contributed by atoms with Gasteiger partial charge in [0, 0.05) is 12.1 Å². The van der Waals surface area contributed by atoms with Crippen LogP contribution in [0, 0.1) is 5.82 Å². The van der Waals surface area contributed by atoms with Crippen molar-refractivity contribution < 1.29 is 9.50 Å². The molecular weight excluding hydrogens is 157 g/mol. The maximum Gasteiger partial charge on any atom is 0.129 e. The smallest absolute Gasteiger partial charge is 0.129 e. The van der Waals surface area contributed by atoms with Gasteiger partial charge in [-0.05, 0) is 13.1 Å². The molecule has 0 aliphatic heterocycles. The fourth-order valence-electron chi connectivity index (χ4n) is 1.05. The number of aliphatic hydroxyl groups is 1. The standard InChI is InChI=1S/C9H12FNO/c1-11-6-9(12)7-4-2-3-5-8(7)10/h2-5,9,11-12H,6H2,1H3/t9-/m0/s1. The van der Waals surface area contributed by atoms with Crippen LogP contribution < -0.4 is 5.32 Å². The van der Waals surface area contributed by atoms with Crippen molar-refractivity contribution in [2.24, 2.45) is 0 Å². The highest BCUT2D eigenvalue weighted by molar-refractivity contribution is 5.19. The van der Waals surface area contributed by atoms with Gasteiger partial charge in [0.05, 0.1) is 6.10 Å². The van der Waals surface area contributed by atoms with E-state index < -0.39 is 6.10 Å². The summed E-state index contributed by atoms with van der Waals surface area (Å²) in [6.45, 7) is 0.362. The van der Waals surface area contributed by atoms with Gasteiger partial charge in [-0.25, -0.2) is 4.39 Å². The van der Waals surface area contributed by atoms with Gasteiger partial charge in [0.25, 0.3) is 0 Å². The van der Waals surface area contributed by atoms with Crippen molar-refractivity contribution in [2.75, 3.05) is 13.6 Å². The van der Waals surface area contributed by atoms with Crippen LogP contribution in [0.25, 0.3) is 0 Å². The fourth-order valence-corrected chi connectivity index (χ4v) is 1.05. The fraction of sp³-hybridized carbons (Fsp3) is 0.333. The Kier molecular flexibility index (Phi) is 3.19. The molecule has 0 radical (unpaired) electrons. The summed E-state index contributed by atoms with van der Waals surface area (Å²) in [5.74, 6) is -0.361. The summed E-state index contributed by atoms with van der Waals surface area (Å²) in [5.41, 5.74) is 0.340. The van der Waals surface area contributed by atoms with Crippen LogP contribution in [0.1, 0.15) is 11.7 Å². The van der Waals surface area contributed by atoms with E-state index in [-0.39, 0.29) is 5.82 Å². The quantitative estimate of drug-likeness (QED) is 0.709. The summed E-state index contributed by atoms with van der Waals surface area (Å²) in [4.78, 5) is 0. The average Bonchev–Trinajstić information content (AvgIpc) is 2.05. The van der Waals surface area contributed by atoms with Crippen LogP contribution in [0.4, 0.5) is 4.39 Å². The first-order valence-electron chi connectivity index (χ1n) is 3.83. The summed E-state index contributed by atoms with van der Waals surface area (Å²) in [6, 6.07) is 6.23. The normalized spacial score (nSPS) is 12.9. The number of rotatable bonds is 3. The highest BCUT2D eigenvalue weighted by Crippen LogP contribution is 2.15. The molecule has 0 unspecified atom stereocenters. The van der Waals surface area contributed by atoms with E-state index in [9.17, 15) is 9.50 Å². The number of hydrogen-bond donors (Lipinski definition) is 2. The van der Waals surface area contributed by atoms with Crippen molar-refractivity contribution in [3.8, 4) is 0 Å². The highest BCUT2D eigenvalue weighted by atomic mass is 19.1. The van der Waals surface area contributed by atoms with E-state index in [0.717, 1.165) is 0 Å². The number of benzene rings is 1. The van der Waals surface area contributed by atoms with Gasteiger partial charge < -0.3 is 10.4 Å². The molecule has 0 fully saturated rings. The van der Waals surface area contributed by atoms with Crippen molar-refractivity contribution >= 4 is 0 Å². The zero-order valence-electron chi connectivity index (χ0n) is 6.92. The summed E-state index contributed by atoms with van der Waals surface area (Å²) in [6.07, 6.45) is -0.767. The van der Waals surface area contributed by atoms with Crippen LogP contribution in [0.3, 0.4) is 0 Å². The molecule has 66 valence electrons. The maximum absolute atomic E-state index is 13.0. The molecule has 1 atom stereocenters. The van der Waals surface area contributed by atoms with Crippen LogP contribution in [0.5, 0.6) is 0 Å². The molecule has 12 heavy (non-hydrogen) atoms.